The minimum Gasteiger partial charge on any atom is -0.338 e. The van der Waals surface area contributed by atoms with E-state index >= 15 is 0 Å². The van der Waals surface area contributed by atoms with Crippen molar-refractivity contribution in [3.63, 3.8) is 0 Å². The number of hydrogen-bond donors (Lipinski definition) is 2. The van der Waals surface area contributed by atoms with Crippen molar-refractivity contribution in [2.24, 2.45) is 0 Å². The lowest BCUT2D eigenvalue weighted by atomic mass is 9.88. The molecule has 1 atom stereocenters. The first kappa shape index (κ1) is 17.1. The second-order valence-electron chi connectivity index (χ2n) is 7.35. The van der Waals surface area contributed by atoms with E-state index in [1.54, 1.807) is 0 Å². The van der Waals surface area contributed by atoms with E-state index in [0.717, 1.165) is 50.3 Å². The van der Waals surface area contributed by atoms with E-state index in [9.17, 15) is 4.79 Å². The van der Waals surface area contributed by atoms with Crippen molar-refractivity contribution in [3.8, 4) is 0 Å². The number of hydrogen-bond acceptors (Lipinski definition) is 3. The lowest BCUT2D eigenvalue weighted by molar-refractivity contribution is 0.235. The summed E-state index contributed by atoms with van der Waals surface area (Å²) in [4.78, 5) is 12.2. The molecule has 138 valence electrons. The summed E-state index contributed by atoms with van der Waals surface area (Å²) in [6.45, 7) is 1.60. The Morgan fingerprint density at radius 1 is 1.12 bits per heavy atom. The highest BCUT2D eigenvalue weighted by Gasteiger charge is 2.20. The number of urea groups is 1. The summed E-state index contributed by atoms with van der Waals surface area (Å²) >= 11 is 0. The fourth-order valence-electron chi connectivity index (χ4n) is 4.08. The summed E-state index contributed by atoms with van der Waals surface area (Å²) in [5.41, 5.74) is 2.77. The molecule has 4 rings (SSSR count). The lowest BCUT2D eigenvalue weighted by Gasteiger charge is -2.25. The molecule has 2 amide bonds. The molecule has 1 aliphatic carbocycles. The normalized spacial score (nSPS) is 19.2. The third-order valence-electron chi connectivity index (χ3n) is 5.50. The molecule has 1 unspecified atom stereocenters. The molecule has 0 spiro atoms. The van der Waals surface area contributed by atoms with Gasteiger partial charge < -0.3 is 15.2 Å². The molecule has 0 saturated carbocycles. The number of nitrogens with one attached hydrogen (secondary N) is 2. The first-order chi connectivity index (χ1) is 12.8. The van der Waals surface area contributed by atoms with Crippen LogP contribution in [0.1, 0.15) is 48.5 Å². The van der Waals surface area contributed by atoms with Crippen molar-refractivity contribution in [2.75, 3.05) is 6.54 Å². The van der Waals surface area contributed by atoms with Gasteiger partial charge in [-0.15, -0.1) is 10.2 Å². The Labute approximate surface area is 154 Å². The highest BCUT2D eigenvalue weighted by Crippen LogP contribution is 2.21. The van der Waals surface area contributed by atoms with Crippen LogP contribution in [0.3, 0.4) is 0 Å². The van der Waals surface area contributed by atoms with Crippen LogP contribution in [0.15, 0.2) is 24.3 Å². The molecule has 1 aromatic heterocycles. The van der Waals surface area contributed by atoms with Gasteiger partial charge in [0.05, 0.1) is 0 Å². The van der Waals surface area contributed by atoms with Crippen molar-refractivity contribution in [2.45, 2.75) is 64.0 Å². The van der Waals surface area contributed by atoms with E-state index in [0.29, 0.717) is 6.54 Å². The number of carbonyl (C=O) groups is 1. The van der Waals surface area contributed by atoms with Crippen molar-refractivity contribution in [1.29, 1.82) is 0 Å². The Kier molecular flexibility index (Phi) is 5.18. The van der Waals surface area contributed by atoms with Gasteiger partial charge in [-0.05, 0) is 43.2 Å². The first-order valence-corrected chi connectivity index (χ1v) is 9.82. The highest BCUT2D eigenvalue weighted by atomic mass is 16.2. The fourth-order valence-corrected chi connectivity index (χ4v) is 4.08. The Morgan fingerprint density at radius 2 is 2.00 bits per heavy atom. The van der Waals surface area contributed by atoms with Crippen LogP contribution >= 0.6 is 0 Å². The molecule has 6 nitrogen and oxygen atoms in total. The zero-order chi connectivity index (χ0) is 17.8. The summed E-state index contributed by atoms with van der Waals surface area (Å²) in [5.74, 6) is 2.09. The number of amides is 2. The van der Waals surface area contributed by atoms with Crippen molar-refractivity contribution in [3.05, 3.63) is 47.0 Å². The van der Waals surface area contributed by atoms with E-state index in [1.807, 2.05) is 0 Å². The number of benzene rings is 1. The number of nitrogens with zero attached hydrogens (tertiary/aromatic N) is 3. The number of aromatic nitrogens is 3. The lowest BCUT2D eigenvalue weighted by Crippen LogP contribution is -2.45. The maximum Gasteiger partial charge on any atom is 0.315 e. The van der Waals surface area contributed by atoms with Crippen LogP contribution in [0.25, 0.3) is 0 Å². The van der Waals surface area contributed by atoms with Gasteiger partial charge in [0.25, 0.3) is 0 Å². The van der Waals surface area contributed by atoms with Gasteiger partial charge in [-0.1, -0.05) is 30.7 Å². The summed E-state index contributed by atoms with van der Waals surface area (Å²) in [6.07, 6.45) is 8.35. The summed E-state index contributed by atoms with van der Waals surface area (Å²) < 4.78 is 2.24. The van der Waals surface area contributed by atoms with Gasteiger partial charge in [-0.25, -0.2) is 4.79 Å². The van der Waals surface area contributed by atoms with Crippen LogP contribution in [-0.4, -0.2) is 33.4 Å². The van der Waals surface area contributed by atoms with Crippen LogP contribution < -0.4 is 10.6 Å². The van der Waals surface area contributed by atoms with Gasteiger partial charge >= 0.3 is 6.03 Å². The number of rotatable bonds is 4. The quantitative estimate of drug-likeness (QED) is 0.887. The number of aryl methyl sites for hydroxylation is 2. The zero-order valence-electron chi connectivity index (χ0n) is 15.2. The third-order valence-corrected chi connectivity index (χ3v) is 5.50. The summed E-state index contributed by atoms with van der Waals surface area (Å²) in [6, 6.07) is 8.65. The van der Waals surface area contributed by atoms with Crippen molar-refractivity contribution < 1.29 is 4.79 Å². The molecule has 26 heavy (non-hydrogen) atoms. The van der Waals surface area contributed by atoms with E-state index in [1.165, 1.54) is 30.4 Å². The molecule has 1 aromatic carbocycles. The average molecular weight is 353 g/mol. The second kappa shape index (κ2) is 7.89. The maximum absolute atomic E-state index is 12.2. The third kappa shape index (κ3) is 3.89. The maximum atomic E-state index is 12.2. The van der Waals surface area contributed by atoms with Crippen LogP contribution in [-0.2, 0) is 32.2 Å². The molecular formula is C20H27N5O. The molecule has 0 saturated heterocycles. The smallest absolute Gasteiger partial charge is 0.315 e. The molecule has 2 heterocycles. The van der Waals surface area contributed by atoms with E-state index in [-0.39, 0.29) is 12.1 Å². The van der Waals surface area contributed by atoms with E-state index < -0.39 is 0 Å². The molecule has 2 aliphatic rings. The van der Waals surface area contributed by atoms with Gasteiger partial charge in [-0.2, -0.15) is 0 Å². The van der Waals surface area contributed by atoms with Crippen LogP contribution in [0.2, 0.25) is 0 Å². The number of fused-ring (bicyclic) bond motifs is 2. The first-order valence-electron chi connectivity index (χ1n) is 9.82. The van der Waals surface area contributed by atoms with E-state index in [4.69, 9.17) is 0 Å². The zero-order valence-corrected chi connectivity index (χ0v) is 15.2. The molecule has 6 heteroatoms. The van der Waals surface area contributed by atoms with Gasteiger partial charge in [0.2, 0.25) is 0 Å². The van der Waals surface area contributed by atoms with Crippen molar-refractivity contribution >= 4 is 6.03 Å². The minimum atomic E-state index is -0.0787. The van der Waals surface area contributed by atoms with Crippen LogP contribution in [0, 0.1) is 0 Å². The molecule has 0 bridgehead atoms. The summed E-state index contributed by atoms with van der Waals surface area (Å²) in [7, 11) is 0. The van der Waals surface area contributed by atoms with Crippen molar-refractivity contribution in [1.82, 2.24) is 25.4 Å². The Balaban J connectivity index is 1.24. The van der Waals surface area contributed by atoms with Crippen LogP contribution in [0.4, 0.5) is 4.79 Å². The molecular weight excluding hydrogens is 326 g/mol. The molecule has 0 radical (unpaired) electrons. The largest absolute Gasteiger partial charge is 0.338 e. The Morgan fingerprint density at radius 3 is 2.92 bits per heavy atom. The Hall–Kier alpha value is -2.37. The minimum absolute atomic E-state index is 0.0787. The second-order valence-corrected chi connectivity index (χ2v) is 7.35. The van der Waals surface area contributed by atoms with E-state index in [2.05, 4.69) is 49.7 Å². The average Bonchev–Trinajstić information content (AvgIpc) is 2.88. The predicted octanol–water partition coefficient (Wildman–Crippen LogP) is 2.40. The summed E-state index contributed by atoms with van der Waals surface area (Å²) in [5, 5.41) is 14.7. The SMILES string of the molecule is O=C(NCCc1nnc2n1CCCCC2)NC1CCc2ccccc2C1. The fraction of sp³-hybridized carbons (Fsp3) is 0.550. The Bertz CT molecular complexity index is 769. The molecule has 0 fully saturated rings. The van der Waals surface area contributed by atoms with Gasteiger partial charge in [0, 0.05) is 32.0 Å². The topological polar surface area (TPSA) is 71.8 Å². The monoisotopic (exact) mass is 353 g/mol. The molecule has 2 aromatic rings. The predicted molar refractivity (Wildman–Crippen MR) is 100 cm³/mol. The highest BCUT2D eigenvalue weighted by molar-refractivity contribution is 5.74. The van der Waals surface area contributed by atoms with Crippen LogP contribution in [0.5, 0.6) is 0 Å². The molecule has 2 N–H and O–H groups in total. The van der Waals surface area contributed by atoms with Gasteiger partial charge in [0.1, 0.15) is 11.6 Å². The van der Waals surface area contributed by atoms with Gasteiger partial charge in [-0.3, -0.25) is 0 Å². The molecule has 1 aliphatic heterocycles. The van der Waals surface area contributed by atoms with Gasteiger partial charge in [0.15, 0.2) is 0 Å². The standard InChI is InChI=1S/C20H27N5O/c26-20(22-17-10-9-15-6-3-4-7-16(15)14-17)21-12-11-19-24-23-18-8-2-1-5-13-25(18)19/h3-4,6-7,17H,1-2,5,8-14H2,(H2,21,22,26). The number of carbonyl (C=O) groups excluding carboxylic acids is 1.